The quantitative estimate of drug-likeness (QED) is 0.458. The van der Waals surface area contributed by atoms with Crippen LogP contribution in [-0.2, 0) is 38.7 Å². The van der Waals surface area contributed by atoms with Crippen LogP contribution in [0.5, 0.6) is 5.75 Å². The number of nitrogens with zero attached hydrogens (tertiary/aromatic N) is 1. The third kappa shape index (κ3) is 5.45. The fraction of sp³-hybridized carbons (Fsp3) is 0.520. The van der Waals surface area contributed by atoms with Gasteiger partial charge in [-0.3, -0.25) is 0 Å². The van der Waals surface area contributed by atoms with E-state index in [0.29, 0.717) is 19.7 Å². The number of hydrogen-bond acceptors (Lipinski definition) is 5. The second-order valence-corrected chi connectivity index (χ2v) is 12.0. The summed E-state index contributed by atoms with van der Waals surface area (Å²) >= 11 is 0. The molecular weight excluding hydrogens is 437 g/mol. The van der Waals surface area contributed by atoms with Crippen LogP contribution in [0.15, 0.2) is 42.5 Å². The van der Waals surface area contributed by atoms with Crippen LogP contribution in [-0.4, -0.2) is 50.5 Å². The van der Waals surface area contributed by atoms with Crippen molar-refractivity contribution in [2.75, 3.05) is 19.4 Å². The lowest BCUT2D eigenvalue weighted by Crippen LogP contribution is -2.41. The summed E-state index contributed by atoms with van der Waals surface area (Å²) in [4.78, 5) is 0. The van der Waals surface area contributed by atoms with Crippen molar-refractivity contribution < 1.29 is 22.5 Å². The second-order valence-electron chi connectivity index (χ2n) is 10.1. The normalized spacial score (nSPS) is 20.0. The minimum Gasteiger partial charge on any atom is -0.494 e. The van der Waals surface area contributed by atoms with Gasteiger partial charge in [0.25, 0.3) is 0 Å². The molecule has 2 aliphatic heterocycles. The highest BCUT2D eigenvalue weighted by atomic mass is 32.2. The Kier molecular flexibility index (Phi) is 6.66. The van der Waals surface area contributed by atoms with Gasteiger partial charge in [0.1, 0.15) is 5.75 Å². The smallest absolute Gasteiger partial charge is 0.494 e. The predicted octanol–water partition coefficient (Wildman–Crippen LogP) is 3.32. The number of fused-ring (bicyclic) bond motifs is 1. The Morgan fingerprint density at radius 3 is 2.30 bits per heavy atom. The Labute approximate surface area is 198 Å². The fourth-order valence-electron chi connectivity index (χ4n) is 4.16. The van der Waals surface area contributed by atoms with Gasteiger partial charge < -0.3 is 14.0 Å². The Morgan fingerprint density at radius 2 is 1.67 bits per heavy atom. The first-order valence-corrected chi connectivity index (χ1v) is 13.4. The number of ether oxygens (including phenoxy) is 1. The van der Waals surface area contributed by atoms with Crippen molar-refractivity contribution in [1.82, 2.24) is 4.31 Å². The minimum absolute atomic E-state index is 0.332. The largest absolute Gasteiger partial charge is 0.494 e. The molecule has 33 heavy (non-hydrogen) atoms. The van der Waals surface area contributed by atoms with Gasteiger partial charge in [-0.1, -0.05) is 30.3 Å². The molecule has 0 aliphatic carbocycles. The van der Waals surface area contributed by atoms with Gasteiger partial charge in [-0.25, -0.2) is 8.42 Å². The molecule has 0 bridgehead atoms. The lowest BCUT2D eigenvalue weighted by atomic mass is 9.79. The van der Waals surface area contributed by atoms with E-state index in [0.717, 1.165) is 36.0 Å². The van der Waals surface area contributed by atoms with E-state index in [-0.39, 0.29) is 18.3 Å². The number of rotatable bonds is 7. The monoisotopic (exact) mass is 471 g/mol. The molecule has 0 saturated carbocycles. The summed E-state index contributed by atoms with van der Waals surface area (Å²) in [5.74, 6) is 0.845. The molecule has 0 N–H and O–H groups in total. The van der Waals surface area contributed by atoms with Crippen LogP contribution in [0, 0.1) is 0 Å². The van der Waals surface area contributed by atoms with E-state index in [4.69, 9.17) is 14.0 Å². The third-order valence-electron chi connectivity index (χ3n) is 7.01. The van der Waals surface area contributed by atoms with Gasteiger partial charge in [-0.15, -0.1) is 0 Å². The molecule has 0 aromatic heterocycles. The minimum atomic E-state index is -3.15. The van der Waals surface area contributed by atoms with Gasteiger partial charge in [-0.05, 0) is 81.2 Å². The summed E-state index contributed by atoms with van der Waals surface area (Å²) in [5.41, 5.74) is 3.85. The standard InChI is InChI=1S/C25H34BNO5S/c1-24(2)25(3,4)32-26(31-24)22-11-8-19(9-12-22)7-6-16-30-23-13-10-21-18-27(33(5,28)29)15-14-20(21)17-23/h8-13,17H,6-7,14-16,18H2,1-5H3. The topological polar surface area (TPSA) is 65.1 Å². The summed E-state index contributed by atoms with van der Waals surface area (Å²) in [6.45, 7) is 9.85. The Balaban J connectivity index is 1.25. The second kappa shape index (κ2) is 9.06. The van der Waals surface area contributed by atoms with Crippen LogP contribution < -0.4 is 10.2 Å². The maximum Gasteiger partial charge on any atom is 0.494 e. The molecule has 0 amide bonds. The van der Waals surface area contributed by atoms with Gasteiger partial charge in [0.15, 0.2) is 0 Å². The first-order valence-electron chi connectivity index (χ1n) is 11.6. The number of aryl methyl sites for hydroxylation is 1. The van der Waals surface area contributed by atoms with Crippen molar-refractivity contribution in [3.8, 4) is 5.75 Å². The average molecular weight is 471 g/mol. The van der Waals surface area contributed by atoms with E-state index in [9.17, 15) is 8.42 Å². The highest BCUT2D eigenvalue weighted by Gasteiger charge is 2.51. The molecule has 2 aromatic carbocycles. The van der Waals surface area contributed by atoms with E-state index < -0.39 is 10.0 Å². The first kappa shape index (κ1) is 24.3. The van der Waals surface area contributed by atoms with Crippen molar-refractivity contribution in [2.24, 2.45) is 0 Å². The number of sulfonamides is 1. The molecular formula is C25H34BNO5S. The van der Waals surface area contributed by atoms with E-state index in [2.05, 4.69) is 52.0 Å². The van der Waals surface area contributed by atoms with E-state index in [1.807, 2.05) is 18.2 Å². The summed E-state index contributed by atoms with van der Waals surface area (Å²) in [6.07, 6.45) is 3.82. The SMILES string of the molecule is CC1(C)OB(c2ccc(CCCOc3ccc4c(c3)CCN(S(C)(=O)=O)C4)cc2)OC1(C)C. The molecule has 1 fully saturated rings. The van der Waals surface area contributed by atoms with Crippen molar-refractivity contribution >= 4 is 22.6 Å². The van der Waals surface area contributed by atoms with Gasteiger partial charge >= 0.3 is 7.12 Å². The van der Waals surface area contributed by atoms with Crippen molar-refractivity contribution in [2.45, 2.75) is 64.7 Å². The van der Waals surface area contributed by atoms with Crippen LogP contribution in [0.4, 0.5) is 0 Å². The molecule has 2 aromatic rings. The first-order chi connectivity index (χ1) is 15.4. The molecule has 2 heterocycles. The molecule has 0 radical (unpaired) electrons. The molecule has 0 unspecified atom stereocenters. The zero-order valence-electron chi connectivity index (χ0n) is 20.3. The molecule has 0 atom stereocenters. The molecule has 178 valence electrons. The summed E-state index contributed by atoms with van der Waals surface area (Å²) in [6, 6.07) is 14.4. The molecule has 1 saturated heterocycles. The zero-order valence-corrected chi connectivity index (χ0v) is 21.1. The van der Waals surface area contributed by atoms with E-state index in [1.165, 1.54) is 21.7 Å². The number of hydrogen-bond donors (Lipinski definition) is 0. The molecule has 8 heteroatoms. The molecule has 6 nitrogen and oxygen atoms in total. The molecule has 2 aliphatic rings. The molecule has 0 spiro atoms. The third-order valence-corrected chi connectivity index (χ3v) is 8.26. The Bertz CT molecular complexity index is 1080. The lowest BCUT2D eigenvalue weighted by molar-refractivity contribution is 0.00578. The van der Waals surface area contributed by atoms with Gasteiger partial charge in [0.05, 0.1) is 24.1 Å². The van der Waals surface area contributed by atoms with Crippen LogP contribution >= 0.6 is 0 Å². The Hall–Kier alpha value is -1.87. The van der Waals surface area contributed by atoms with Crippen LogP contribution in [0.1, 0.15) is 50.8 Å². The average Bonchev–Trinajstić information content (AvgIpc) is 2.97. The van der Waals surface area contributed by atoms with E-state index >= 15 is 0 Å². The van der Waals surface area contributed by atoms with Crippen molar-refractivity contribution in [3.05, 3.63) is 59.2 Å². The van der Waals surface area contributed by atoms with Crippen molar-refractivity contribution in [3.63, 3.8) is 0 Å². The summed E-state index contributed by atoms with van der Waals surface area (Å²) in [7, 11) is -3.49. The molecule has 4 rings (SSSR count). The van der Waals surface area contributed by atoms with Crippen LogP contribution in [0.3, 0.4) is 0 Å². The lowest BCUT2D eigenvalue weighted by Gasteiger charge is -2.32. The van der Waals surface area contributed by atoms with Gasteiger partial charge in [-0.2, -0.15) is 4.31 Å². The highest BCUT2D eigenvalue weighted by Crippen LogP contribution is 2.36. The summed E-state index contributed by atoms with van der Waals surface area (Å²) < 4.78 is 43.3. The number of benzene rings is 2. The predicted molar refractivity (Wildman–Crippen MR) is 131 cm³/mol. The summed E-state index contributed by atoms with van der Waals surface area (Å²) in [5, 5.41) is 0. The van der Waals surface area contributed by atoms with E-state index in [1.54, 1.807) is 0 Å². The Morgan fingerprint density at radius 1 is 1.00 bits per heavy atom. The maximum atomic E-state index is 11.8. The highest BCUT2D eigenvalue weighted by molar-refractivity contribution is 7.88. The van der Waals surface area contributed by atoms with Crippen LogP contribution in [0.2, 0.25) is 0 Å². The van der Waals surface area contributed by atoms with Crippen molar-refractivity contribution in [1.29, 1.82) is 0 Å². The van der Waals surface area contributed by atoms with Crippen LogP contribution in [0.25, 0.3) is 0 Å². The maximum absolute atomic E-state index is 11.8. The van der Waals surface area contributed by atoms with Gasteiger partial charge in [0.2, 0.25) is 10.0 Å². The fourth-order valence-corrected chi connectivity index (χ4v) is 4.96. The zero-order chi connectivity index (χ0) is 23.9. The van der Waals surface area contributed by atoms with Gasteiger partial charge in [0, 0.05) is 13.1 Å².